The molecule has 1 heterocycles. The highest BCUT2D eigenvalue weighted by molar-refractivity contribution is 6.21. The van der Waals surface area contributed by atoms with Crippen molar-refractivity contribution in [1.82, 2.24) is 0 Å². The van der Waals surface area contributed by atoms with E-state index in [1.165, 1.54) is 18.9 Å². The molecule has 1 nitrogen and oxygen atoms in total. The molecule has 0 aliphatic carbocycles. The van der Waals surface area contributed by atoms with Gasteiger partial charge < -0.3 is 4.63 Å². The first-order valence-corrected chi connectivity index (χ1v) is 3.82. The Hall–Kier alpha value is 0.0169. The molecule has 0 atom stereocenters. The smallest absolute Gasteiger partial charge is 0.105 e. The molecule has 0 saturated heterocycles. The van der Waals surface area contributed by atoms with E-state index in [0.29, 0.717) is 9.31 Å². The fourth-order valence-corrected chi connectivity index (χ4v) is 1.64. The number of rotatable bonds is 0. The second kappa shape index (κ2) is 2.24. The highest BCUT2D eigenvalue weighted by atomic mass is 28.2. The fourth-order valence-electron chi connectivity index (χ4n) is 0.621. The van der Waals surface area contributed by atoms with Crippen molar-refractivity contribution >= 4 is 9.31 Å². The van der Waals surface area contributed by atoms with Crippen LogP contribution >= 0.6 is 0 Å². The van der Waals surface area contributed by atoms with Gasteiger partial charge in [0.2, 0.25) is 0 Å². The number of nitrogens with zero attached hydrogens (tertiary/aromatic N) is 1. The van der Waals surface area contributed by atoms with Crippen LogP contribution in [-0.2, 0) is 0 Å². The van der Waals surface area contributed by atoms with Crippen LogP contribution < -0.4 is 0 Å². The van der Waals surface area contributed by atoms with Crippen molar-refractivity contribution in [3.63, 3.8) is 0 Å². The van der Waals surface area contributed by atoms with E-state index in [4.69, 9.17) is 0 Å². The molecule has 0 fully saturated rings. The van der Waals surface area contributed by atoms with Crippen molar-refractivity contribution in [2.24, 2.45) is 4.63 Å². The van der Waals surface area contributed by atoms with E-state index in [-0.39, 0.29) is 0 Å². The Morgan fingerprint density at radius 3 is 2.50 bits per heavy atom. The Kier molecular flexibility index (Phi) is 1.56. The van der Waals surface area contributed by atoms with Crippen LogP contribution in [0.3, 0.4) is 0 Å². The van der Waals surface area contributed by atoms with Gasteiger partial charge in [-0.2, -0.15) is 0 Å². The van der Waals surface area contributed by atoms with Crippen LogP contribution in [0.5, 0.6) is 0 Å². The third-order valence-corrected chi connectivity index (χ3v) is 2.18. The lowest BCUT2D eigenvalue weighted by molar-refractivity contribution is 0.784. The average molecular weight is 99.2 g/mol. The molecule has 1 rings (SSSR count). The minimum Gasteiger partial charge on any atom is -0.340 e. The normalized spacial score (nSPS) is 21.3. The molecule has 0 spiro atoms. The van der Waals surface area contributed by atoms with Crippen molar-refractivity contribution in [3.8, 4) is 0 Å². The molecule has 0 unspecified atom stereocenters. The van der Waals surface area contributed by atoms with Gasteiger partial charge in [0.25, 0.3) is 0 Å². The summed E-state index contributed by atoms with van der Waals surface area (Å²) in [5.41, 5.74) is 0. The molecule has 1 aliphatic rings. The van der Waals surface area contributed by atoms with E-state index in [0.717, 1.165) is 6.54 Å². The highest BCUT2D eigenvalue weighted by Crippen LogP contribution is 1.98. The van der Waals surface area contributed by atoms with E-state index in [1.54, 1.807) is 0 Å². The van der Waals surface area contributed by atoms with Crippen LogP contribution in [0, 0.1) is 0 Å². The SMILES string of the molecule is C1CC[SiH]=NC1. The van der Waals surface area contributed by atoms with E-state index in [9.17, 15) is 0 Å². The number of hydrogen-bond acceptors (Lipinski definition) is 1. The summed E-state index contributed by atoms with van der Waals surface area (Å²) in [4.78, 5) is 0. The van der Waals surface area contributed by atoms with E-state index in [1.807, 2.05) is 0 Å². The summed E-state index contributed by atoms with van der Waals surface area (Å²) in [6.45, 7) is 1.16. The molecule has 0 amide bonds. The minimum absolute atomic E-state index is 0.530. The molecule has 0 aromatic heterocycles. The predicted molar refractivity (Wildman–Crippen MR) is 28.5 cm³/mol. The Balaban J connectivity index is 2.26. The van der Waals surface area contributed by atoms with Crippen LogP contribution in [0.4, 0.5) is 0 Å². The van der Waals surface area contributed by atoms with Crippen LogP contribution in [0.1, 0.15) is 12.8 Å². The highest BCUT2D eigenvalue weighted by Gasteiger charge is 1.88. The van der Waals surface area contributed by atoms with Gasteiger partial charge >= 0.3 is 0 Å². The monoisotopic (exact) mass is 99.1 g/mol. The molecule has 34 valence electrons. The van der Waals surface area contributed by atoms with E-state index < -0.39 is 0 Å². The van der Waals surface area contributed by atoms with Gasteiger partial charge in [0.15, 0.2) is 0 Å². The van der Waals surface area contributed by atoms with Crippen molar-refractivity contribution in [2.75, 3.05) is 6.54 Å². The lowest BCUT2D eigenvalue weighted by atomic mass is 10.3. The molecule has 0 bridgehead atoms. The van der Waals surface area contributed by atoms with E-state index >= 15 is 0 Å². The molecule has 0 N–H and O–H groups in total. The van der Waals surface area contributed by atoms with Gasteiger partial charge in [0.1, 0.15) is 9.31 Å². The van der Waals surface area contributed by atoms with Gasteiger partial charge in [-0.15, -0.1) is 0 Å². The van der Waals surface area contributed by atoms with Gasteiger partial charge in [-0.25, -0.2) is 0 Å². The average Bonchev–Trinajstić information content (AvgIpc) is 1.72. The summed E-state index contributed by atoms with van der Waals surface area (Å²) in [5.74, 6) is 0. The molecule has 6 heavy (non-hydrogen) atoms. The third kappa shape index (κ3) is 1.01. The van der Waals surface area contributed by atoms with Crippen molar-refractivity contribution in [1.29, 1.82) is 0 Å². The zero-order valence-corrected chi connectivity index (χ0v) is 5.01. The summed E-state index contributed by atoms with van der Waals surface area (Å²) in [6.07, 6.45) is 2.80. The van der Waals surface area contributed by atoms with Gasteiger partial charge in [0, 0.05) is 6.54 Å². The van der Waals surface area contributed by atoms with Crippen LogP contribution in [-0.4, -0.2) is 15.9 Å². The lowest BCUT2D eigenvalue weighted by Gasteiger charge is -1.97. The van der Waals surface area contributed by atoms with Crippen LogP contribution in [0.15, 0.2) is 4.63 Å². The van der Waals surface area contributed by atoms with Crippen molar-refractivity contribution in [2.45, 2.75) is 18.9 Å². The van der Waals surface area contributed by atoms with Gasteiger partial charge in [0.05, 0.1) is 0 Å². The van der Waals surface area contributed by atoms with Gasteiger partial charge in [-0.05, 0) is 18.9 Å². The summed E-state index contributed by atoms with van der Waals surface area (Å²) in [7, 11) is 0.530. The third-order valence-electron chi connectivity index (χ3n) is 1.000. The van der Waals surface area contributed by atoms with Crippen molar-refractivity contribution < 1.29 is 0 Å². The standard InChI is InChI=1S/C4H9NSi/c1-2-4-6-5-3-1/h6H,1-4H2. The molecule has 0 radical (unpaired) electrons. The second-order valence-electron chi connectivity index (χ2n) is 1.58. The maximum Gasteiger partial charge on any atom is 0.105 e. The lowest BCUT2D eigenvalue weighted by Crippen LogP contribution is -1.90. The number of hydrogen-bond donors (Lipinski definition) is 0. The minimum atomic E-state index is 0.530. The molecule has 0 aromatic rings. The Labute approximate surface area is 40.3 Å². The first-order valence-electron chi connectivity index (χ1n) is 2.48. The molecule has 1 aliphatic heterocycles. The summed E-state index contributed by atoms with van der Waals surface area (Å²) in [6, 6.07) is 1.42. The van der Waals surface area contributed by atoms with Crippen LogP contribution in [0.25, 0.3) is 0 Å². The maximum atomic E-state index is 4.26. The zero-order valence-electron chi connectivity index (χ0n) is 3.85. The summed E-state index contributed by atoms with van der Waals surface area (Å²) >= 11 is 0. The maximum absolute atomic E-state index is 4.26. The molecular weight excluding hydrogens is 90.1 g/mol. The molecular formula is C4H9NSi. The largest absolute Gasteiger partial charge is 0.340 e. The van der Waals surface area contributed by atoms with E-state index in [2.05, 4.69) is 4.63 Å². The first-order chi connectivity index (χ1) is 3.00. The second-order valence-corrected chi connectivity index (χ2v) is 2.89. The Bertz CT molecular complexity index is 52.6. The Morgan fingerprint density at radius 2 is 2.33 bits per heavy atom. The quantitative estimate of drug-likeness (QED) is 0.399. The first kappa shape index (κ1) is 4.18. The fraction of sp³-hybridized carbons (Fsp3) is 1.00. The Morgan fingerprint density at radius 1 is 1.33 bits per heavy atom. The summed E-state index contributed by atoms with van der Waals surface area (Å²) in [5, 5.41) is 0. The summed E-state index contributed by atoms with van der Waals surface area (Å²) < 4.78 is 4.26. The zero-order chi connectivity index (χ0) is 4.24. The predicted octanol–water partition coefficient (Wildman–Crippen LogP) is 0.819. The van der Waals surface area contributed by atoms with Crippen molar-refractivity contribution in [3.05, 3.63) is 0 Å². The topological polar surface area (TPSA) is 12.4 Å². The van der Waals surface area contributed by atoms with Gasteiger partial charge in [-0.3, -0.25) is 0 Å². The van der Waals surface area contributed by atoms with Crippen LogP contribution in [0.2, 0.25) is 6.04 Å². The molecule has 2 heteroatoms. The molecule has 0 saturated carbocycles. The molecule has 0 aromatic carbocycles. The van der Waals surface area contributed by atoms with Gasteiger partial charge in [-0.1, -0.05) is 0 Å².